The van der Waals surface area contributed by atoms with Gasteiger partial charge in [-0.1, -0.05) is 29.8 Å². The predicted octanol–water partition coefficient (Wildman–Crippen LogP) is 0.965. The number of pyridine rings is 1. The van der Waals surface area contributed by atoms with Crippen LogP contribution in [0.5, 0.6) is 0 Å². The van der Waals surface area contributed by atoms with Crippen molar-refractivity contribution in [1.29, 1.82) is 0 Å². The van der Waals surface area contributed by atoms with Crippen molar-refractivity contribution >= 4 is 15.0 Å². The molecule has 7 nitrogen and oxygen atoms in total. The van der Waals surface area contributed by atoms with E-state index in [1.54, 1.807) is 12.3 Å². The van der Waals surface area contributed by atoms with Crippen LogP contribution in [-0.4, -0.2) is 26.6 Å². The van der Waals surface area contributed by atoms with Gasteiger partial charge in [0.05, 0.1) is 0 Å². The molecule has 0 aliphatic carbocycles. The SMILES string of the molecule is Cc1cccc(Cc2ccc[n+](CC(O)(P(C)(=O)O)P(=O)([O-])O)c2)c1. The van der Waals surface area contributed by atoms with Gasteiger partial charge < -0.3 is 24.4 Å². The van der Waals surface area contributed by atoms with Gasteiger partial charge in [-0.05, 0) is 18.6 Å². The Morgan fingerprint density at radius 2 is 1.80 bits per heavy atom. The molecule has 9 heteroatoms. The quantitative estimate of drug-likeness (QED) is 0.503. The zero-order valence-corrected chi connectivity index (χ0v) is 15.7. The summed E-state index contributed by atoms with van der Waals surface area (Å²) in [6, 6.07) is 11.3. The number of aromatic nitrogens is 1. The average Bonchev–Trinajstić information content (AvgIpc) is 2.45. The smallest absolute Gasteiger partial charge is 0.263 e. The van der Waals surface area contributed by atoms with Crippen molar-refractivity contribution in [2.45, 2.75) is 25.0 Å². The molecule has 25 heavy (non-hydrogen) atoms. The average molecular weight is 385 g/mol. The lowest BCUT2D eigenvalue weighted by Crippen LogP contribution is -2.49. The number of aryl methyl sites for hydroxylation is 1. The van der Waals surface area contributed by atoms with Crippen LogP contribution >= 0.6 is 15.0 Å². The zero-order valence-electron chi connectivity index (χ0n) is 13.9. The van der Waals surface area contributed by atoms with Crippen LogP contribution in [0.1, 0.15) is 16.7 Å². The van der Waals surface area contributed by atoms with E-state index in [2.05, 4.69) is 0 Å². The molecule has 3 unspecified atom stereocenters. The van der Waals surface area contributed by atoms with Crippen molar-refractivity contribution in [2.24, 2.45) is 0 Å². The van der Waals surface area contributed by atoms with Crippen LogP contribution in [0.3, 0.4) is 0 Å². The van der Waals surface area contributed by atoms with E-state index in [0.29, 0.717) is 13.1 Å². The van der Waals surface area contributed by atoms with Gasteiger partial charge in [0.2, 0.25) is 7.37 Å². The Kier molecular flexibility index (Phi) is 5.69. The third-order valence-electron chi connectivity index (χ3n) is 3.92. The third kappa shape index (κ3) is 4.64. The Bertz CT molecular complexity index is 835. The van der Waals surface area contributed by atoms with Gasteiger partial charge in [0.25, 0.3) is 5.08 Å². The Balaban J connectivity index is 2.32. The fourth-order valence-corrected chi connectivity index (χ4v) is 5.18. The normalized spacial score (nSPS) is 18.8. The molecular weight excluding hydrogens is 364 g/mol. The lowest BCUT2D eigenvalue weighted by molar-refractivity contribution is -0.704. The third-order valence-corrected chi connectivity index (χ3v) is 8.31. The maximum atomic E-state index is 11.9. The number of rotatable bonds is 6. The maximum absolute atomic E-state index is 11.9. The largest absolute Gasteiger partial charge is 0.776 e. The molecule has 3 N–H and O–H groups in total. The summed E-state index contributed by atoms with van der Waals surface area (Å²) in [7, 11) is -10.0. The second-order valence-electron chi connectivity index (χ2n) is 6.22. The van der Waals surface area contributed by atoms with Crippen molar-refractivity contribution < 1.29 is 33.5 Å². The highest BCUT2D eigenvalue weighted by Crippen LogP contribution is 2.65. The summed E-state index contributed by atoms with van der Waals surface area (Å²) in [5.41, 5.74) is 2.97. The first kappa shape index (κ1) is 20.0. The van der Waals surface area contributed by atoms with E-state index in [0.717, 1.165) is 16.7 Å². The molecule has 0 saturated heterocycles. The van der Waals surface area contributed by atoms with Crippen molar-refractivity contribution in [3.63, 3.8) is 0 Å². The minimum Gasteiger partial charge on any atom is -0.776 e. The van der Waals surface area contributed by atoms with E-state index >= 15 is 0 Å². The second-order valence-corrected chi connectivity index (χ2v) is 10.9. The predicted molar refractivity (Wildman–Crippen MR) is 91.1 cm³/mol. The standard InChI is InChI=1S/C16H21NO6P2/c1-13-5-3-6-14(9-13)10-15-7-4-8-17(11-15)12-16(18,24(2,19)20)25(21,22)23/h3-9,11,18H,10,12H2,1-2H3,(H2-,19,20,21,22,23). The Hall–Kier alpha value is -1.33. The first-order valence-corrected chi connectivity index (χ1v) is 11.2. The highest BCUT2D eigenvalue weighted by atomic mass is 31.2. The minimum atomic E-state index is -5.49. The molecule has 2 rings (SSSR count). The van der Waals surface area contributed by atoms with Crippen LogP contribution in [0.4, 0.5) is 0 Å². The van der Waals surface area contributed by atoms with Crippen molar-refractivity contribution in [2.75, 3.05) is 6.66 Å². The van der Waals surface area contributed by atoms with Crippen LogP contribution in [0.15, 0.2) is 48.8 Å². The van der Waals surface area contributed by atoms with Gasteiger partial charge in [0, 0.05) is 24.7 Å². The molecule has 2 aromatic rings. The molecule has 0 aliphatic rings. The molecule has 3 atom stereocenters. The first-order chi connectivity index (χ1) is 11.4. The van der Waals surface area contributed by atoms with Crippen LogP contribution in [-0.2, 0) is 22.1 Å². The van der Waals surface area contributed by atoms with Crippen molar-refractivity contribution in [1.82, 2.24) is 0 Å². The summed E-state index contributed by atoms with van der Waals surface area (Å²) in [4.78, 5) is 30.4. The van der Waals surface area contributed by atoms with Crippen molar-refractivity contribution in [3.8, 4) is 0 Å². The molecular formula is C16H21NO6P2. The topological polar surface area (TPSA) is 122 Å². The Labute approximate surface area is 146 Å². The number of hydrogen-bond donors (Lipinski definition) is 3. The monoisotopic (exact) mass is 385 g/mol. The molecule has 0 fully saturated rings. The molecule has 0 aliphatic heterocycles. The fourth-order valence-electron chi connectivity index (χ4n) is 2.54. The molecule has 136 valence electrons. The van der Waals surface area contributed by atoms with E-state index in [1.165, 1.54) is 10.8 Å². The van der Waals surface area contributed by atoms with E-state index in [1.807, 2.05) is 37.3 Å². The van der Waals surface area contributed by atoms with Gasteiger partial charge in [-0.3, -0.25) is 4.57 Å². The second kappa shape index (κ2) is 7.12. The van der Waals surface area contributed by atoms with Gasteiger partial charge in [-0.2, -0.15) is 0 Å². The number of nitrogens with zero attached hydrogens (tertiary/aromatic N) is 1. The highest BCUT2D eigenvalue weighted by molar-refractivity contribution is 7.74. The Morgan fingerprint density at radius 1 is 1.16 bits per heavy atom. The summed E-state index contributed by atoms with van der Waals surface area (Å²) >= 11 is 0. The van der Waals surface area contributed by atoms with Crippen LogP contribution in [0.2, 0.25) is 0 Å². The van der Waals surface area contributed by atoms with E-state index in [-0.39, 0.29) is 0 Å². The van der Waals surface area contributed by atoms with Crippen LogP contribution < -0.4 is 9.46 Å². The summed E-state index contributed by atoms with van der Waals surface area (Å²) in [5.74, 6) is 0. The van der Waals surface area contributed by atoms with Crippen molar-refractivity contribution in [3.05, 3.63) is 65.5 Å². The van der Waals surface area contributed by atoms with Gasteiger partial charge in [-0.15, -0.1) is 0 Å². The summed E-state index contributed by atoms with van der Waals surface area (Å²) < 4.78 is 24.6. The fraction of sp³-hybridized carbons (Fsp3) is 0.312. The number of hydrogen-bond acceptors (Lipinski definition) is 4. The van der Waals surface area contributed by atoms with E-state index < -0.39 is 26.6 Å². The van der Waals surface area contributed by atoms with E-state index in [9.17, 15) is 28.9 Å². The zero-order chi connectivity index (χ0) is 18.9. The number of aliphatic hydroxyl groups is 1. The lowest BCUT2D eigenvalue weighted by atomic mass is 10.0. The molecule has 0 spiro atoms. The lowest BCUT2D eigenvalue weighted by Gasteiger charge is -2.35. The minimum absolute atomic E-state index is 0.567. The number of benzene rings is 1. The summed E-state index contributed by atoms with van der Waals surface area (Å²) in [6.45, 7) is 1.92. The van der Waals surface area contributed by atoms with Gasteiger partial charge >= 0.3 is 0 Å². The molecule has 1 aromatic carbocycles. The van der Waals surface area contributed by atoms with Gasteiger partial charge in [0.15, 0.2) is 26.5 Å². The van der Waals surface area contributed by atoms with E-state index in [4.69, 9.17) is 0 Å². The molecule has 0 saturated carbocycles. The molecule has 0 bridgehead atoms. The highest BCUT2D eigenvalue weighted by Gasteiger charge is 2.54. The molecule has 0 radical (unpaired) electrons. The first-order valence-electron chi connectivity index (χ1n) is 7.52. The summed E-state index contributed by atoms with van der Waals surface area (Å²) in [6.07, 6.45) is 3.59. The molecule has 1 aromatic heterocycles. The van der Waals surface area contributed by atoms with Crippen LogP contribution in [0.25, 0.3) is 0 Å². The maximum Gasteiger partial charge on any atom is 0.263 e. The van der Waals surface area contributed by atoms with Gasteiger partial charge in [0.1, 0.15) is 0 Å². The van der Waals surface area contributed by atoms with Gasteiger partial charge in [-0.25, -0.2) is 4.57 Å². The van der Waals surface area contributed by atoms with Crippen LogP contribution in [0, 0.1) is 6.92 Å². The summed E-state index contributed by atoms with van der Waals surface area (Å²) in [5, 5.41) is 7.05. The Morgan fingerprint density at radius 3 is 2.36 bits per heavy atom. The molecule has 0 amide bonds. The molecule has 1 heterocycles.